The maximum absolute atomic E-state index is 13.3. The van der Waals surface area contributed by atoms with Crippen LogP contribution in [0.5, 0.6) is 0 Å². The van der Waals surface area contributed by atoms with Crippen molar-refractivity contribution in [3.8, 4) is 0 Å². The molecule has 3 rings (SSSR count). The van der Waals surface area contributed by atoms with Gasteiger partial charge in [-0.15, -0.1) is 11.3 Å². The summed E-state index contributed by atoms with van der Waals surface area (Å²) in [7, 11) is 0. The highest BCUT2D eigenvalue weighted by Gasteiger charge is 2.34. The smallest absolute Gasteiger partial charge is 0.242 e. The summed E-state index contributed by atoms with van der Waals surface area (Å²) in [5, 5.41) is 2.12. The first-order valence-corrected chi connectivity index (χ1v) is 10.9. The predicted octanol–water partition coefficient (Wildman–Crippen LogP) is 4.43. The van der Waals surface area contributed by atoms with E-state index in [4.69, 9.17) is 0 Å². The van der Waals surface area contributed by atoms with Crippen molar-refractivity contribution >= 4 is 23.2 Å². The summed E-state index contributed by atoms with van der Waals surface area (Å²) in [4.78, 5) is 30.4. The maximum atomic E-state index is 13.3. The minimum Gasteiger partial charge on any atom is -0.334 e. The van der Waals surface area contributed by atoms with Gasteiger partial charge in [0.25, 0.3) is 0 Å². The molecule has 1 aliphatic rings. The SMILES string of the molecule is CC(=O)N(CCC(C)C)CC(=O)N1CCc2sccc2[C@@H]1c1ccccc1C. The Morgan fingerprint density at radius 1 is 1.21 bits per heavy atom. The second-order valence-electron chi connectivity index (χ2n) is 8.02. The van der Waals surface area contributed by atoms with E-state index in [1.54, 1.807) is 23.2 Å². The summed E-state index contributed by atoms with van der Waals surface area (Å²) in [6, 6.07) is 10.4. The van der Waals surface area contributed by atoms with Crippen molar-refractivity contribution in [2.24, 2.45) is 5.92 Å². The van der Waals surface area contributed by atoms with Crippen LogP contribution in [0.25, 0.3) is 0 Å². The number of amides is 2. The molecule has 0 radical (unpaired) electrons. The Kier molecular flexibility index (Phi) is 6.55. The maximum Gasteiger partial charge on any atom is 0.242 e. The molecular weight excluding hydrogens is 368 g/mol. The zero-order chi connectivity index (χ0) is 20.3. The van der Waals surface area contributed by atoms with Crippen molar-refractivity contribution in [1.29, 1.82) is 0 Å². The van der Waals surface area contributed by atoms with Crippen molar-refractivity contribution in [2.75, 3.05) is 19.6 Å². The molecule has 1 aromatic carbocycles. The van der Waals surface area contributed by atoms with Gasteiger partial charge in [0.05, 0.1) is 12.6 Å². The topological polar surface area (TPSA) is 40.6 Å². The third-order valence-electron chi connectivity index (χ3n) is 5.52. The first-order valence-electron chi connectivity index (χ1n) is 10.0. The minimum absolute atomic E-state index is 0.0315. The van der Waals surface area contributed by atoms with E-state index >= 15 is 0 Å². The van der Waals surface area contributed by atoms with E-state index in [-0.39, 0.29) is 24.4 Å². The number of carbonyl (C=O) groups excluding carboxylic acids is 2. The molecule has 0 bridgehead atoms. The van der Waals surface area contributed by atoms with Gasteiger partial charge in [0.1, 0.15) is 0 Å². The van der Waals surface area contributed by atoms with Gasteiger partial charge in [-0.3, -0.25) is 9.59 Å². The Balaban J connectivity index is 1.87. The average molecular weight is 399 g/mol. The van der Waals surface area contributed by atoms with Gasteiger partial charge in [0.15, 0.2) is 0 Å². The van der Waals surface area contributed by atoms with Crippen molar-refractivity contribution in [2.45, 2.75) is 46.6 Å². The minimum atomic E-state index is -0.0670. The van der Waals surface area contributed by atoms with Crippen LogP contribution in [-0.2, 0) is 16.0 Å². The van der Waals surface area contributed by atoms with Gasteiger partial charge >= 0.3 is 0 Å². The third-order valence-corrected chi connectivity index (χ3v) is 6.51. The van der Waals surface area contributed by atoms with Crippen LogP contribution in [0.2, 0.25) is 0 Å². The van der Waals surface area contributed by atoms with Crippen LogP contribution in [0.4, 0.5) is 0 Å². The lowest BCUT2D eigenvalue weighted by Crippen LogP contribution is -2.46. The van der Waals surface area contributed by atoms with Crippen LogP contribution in [-0.4, -0.2) is 41.2 Å². The van der Waals surface area contributed by atoms with E-state index in [2.05, 4.69) is 44.4 Å². The fourth-order valence-electron chi connectivity index (χ4n) is 3.83. The molecule has 1 aromatic heterocycles. The van der Waals surface area contributed by atoms with Crippen LogP contribution >= 0.6 is 11.3 Å². The zero-order valence-electron chi connectivity index (χ0n) is 17.3. The quantitative estimate of drug-likeness (QED) is 0.722. The largest absolute Gasteiger partial charge is 0.334 e. The van der Waals surface area contributed by atoms with Gasteiger partial charge in [0, 0.05) is 24.9 Å². The fourth-order valence-corrected chi connectivity index (χ4v) is 4.73. The zero-order valence-corrected chi connectivity index (χ0v) is 18.1. The lowest BCUT2D eigenvalue weighted by Gasteiger charge is -2.38. The van der Waals surface area contributed by atoms with Crippen LogP contribution in [0.3, 0.4) is 0 Å². The third kappa shape index (κ3) is 4.46. The number of hydrogen-bond donors (Lipinski definition) is 0. The summed E-state index contributed by atoms with van der Waals surface area (Å²) >= 11 is 1.77. The van der Waals surface area contributed by atoms with Crippen molar-refractivity contribution in [3.63, 3.8) is 0 Å². The van der Waals surface area contributed by atoms with Gasteiger partial charge in [-0.2, -0.15) is 0 Å². The van der Waals surface area contributed by atoms with E-state index in [1.807, 2.05) is 17.0 Å². The number of aryl methyl sites for hydroxylation is 1. The van der Waals surface area contributed by atoms with Gasteiger partial charge in [-0.25, -0.2) is 0 Å². The molecule has 2 amide bonds. The molecular formula is C23H30N2O2S. The van der Waals surface area contributed by atoms with Crippen LogP contribution < -0.4 is 0 Å². The van der Waals surface area contributed by atoms with Crippen molar-refractivity contribution in [1.82, 2.24) is 9.80 Å². The molecule has 0 saturated carbocycles. The molecule has 5 heteroatoms. The number of benzene rings is 1. The van der Waals surface area contributed by atoms with Gasteiger partial charge in [-0.05, 0) is 53.8 Å². The molecule has 2 heterocycles. The second-order valence-corrected chi connectivity index (χ2v) is 9.02. The summed E-state index contributed by atoms with van der Waals surface area (Å²) in [6.07, 6.45) is 1.79. The monoisotopic (exact) mass is 398 g/mol. The molecule has 0 spiro atoms. The molecule has 4 nitrogen and oxygen atoms in total. The van der Waals surface area contributed by atoms with Crippen molar-refractivity contribution < 1.29 is 9.59 Å². The highest BCUT2D eigenvalue weighted by molar-refractivity contribution is 7.10. The summed E-state index contributed by atoms with van der Waals surface area (Å²) < 4.78 is 0. The Morgan fingerprint density at radius 2 is 1.96 bits per heavy atom. The first-order chi connectivity index (χ1) is 13.4. The number of thiophene rings is 1. The van der Waals surface area contributed by atoms with Gasteiger partial charge in [-0.1, -0.05) is 38.1 Å². The number of fused-ring (bicyclic) bond motifs is 1. The molecule has 2 aromatic rings. The van der Waals surface area contributed by atoms with Crippen LogP contribution in [0.15, 0.2) is 35.7 Å². The second kappa shape index (κ2) is 8.91. The Labute approximate surface area is 172 Å². The molecule has 1 atom stereocenters. The van der Waals surface area contributed by atoms with E-state index in [0.717, 1.165) is 12.8 Å². The van der Waals surface area contributed by atoms with E-state index in [9.17, 15) is 9.59 Å². The number of rotatable bonds is 6. The number of carbonyl (C=O) groups is 2. The lowest BCUT2D eigenvalue weighted by atomic mass is 9.90. The van der Waals surface area contributed by atoms with Gasteiger partial charge < -0.3 is 9.80 Å². The molecule has 150 valence electrons. The van der Waals surface area contributed by atoms with Crippen LogP contribution in [0.1, 0.15) is 54.8 Å². The normalized spacial score (nSPS) is 16.2. The van der Waals surface area contributed by atoms with Crippen LogP contribution in [0, 0.1) is 12.8 Å². The summed E-state index contributed by atoms with van der Waals surface area (Å²) in [5.41, 5.74) is 3.59. The van der Waals surface area contributed by atoms with E-state index < -0.39 is 0 Å². The highest BCUT2D eigenvalue weighted by atomic mass is 32.1. The highest BCUT2D eigenvalue weighted by Crippen LogP contribution is 2.38. The molecule has 0 N–H and O–H groups in total. The van der Waals surface area contributed by atoms with Gasteiger partial charge in [0.2, 0.25) is 11.8 Å². The Hall–Kier alpha value is -2.14. The van der Waals surface area contributed by atoms with E-state index in [1.165, 1.54) is 21.6 Å². The number of hydrogen-bond acceptors (Lipinski definition) is 3. The summed E-state index contributed by atoms with van der Waals surface area (Å²) in [5.74, 6) is 0.499. The van der Waals surface area contributed by atoms with E-state index in [0.29, 0.717) is 19.0 Å². The first kappa shape index (κ1) is 20.6. The predicted molar refractivity (Wildman–Crippen MR) is 114 cm³/mol. The molecule has 0 saturated heterocycles. The number of nitrogens with zero attached hydrogens (tertiary/aromatic N) is 2. The Morgan fingerprint density at radius 3 is 2.64 bits per heavy atom. The average Bonchev–Trinajstić information content (AvgIpc) is 3.13. The van der Waals surface area contributed by atoms with Crippen molar-refractivity contribution in [3.05, 3.63) is 57.3 Å². The lowest BCUT2D eigenvalue weighted by molar-refractivity contribution is -0.140. The summed E-state index contributed by atoms with van der Waals surface area (Å²) in [6.45, 7) is 9.41. The molecule has 28 heavy (non-hydrogen) atoms. The molecule has 0 aliphatic carbocycles. The standard InChI is InChI=1S/C23H30N2O2S/c1-16(2)9-12-24(18(4)26)15-22(27)25-13-10-21-20(11-14-28-21)23(25)19-8-6-5-7-17(19)3/h5-8,11,14,16,23H,9-10,12-13,15H2,1-4H3/t23-/m0/s1. The molecule has 0 fully saturated rings. The fraction of sp³-hybridized carbons (Fsp3) is 0.478. The molecule has 1 aliphatic heterocycles. The Bertz CT molecular complexity index is 843. The molecule has 0 unspecified atom stereocenters.